The third-order valence-corrected chi connectivity index (χ3v) is 7.61. The standard InChI is InChI=1S/C40H70O4/c1-3-5-7-9-11-13-15-17-19-20-21-22-24-26-28-30-32-34-36-43-38-39(37-41)44-40(42)35-33-31-29-27-25-23-18-16-14-12-10-8-6-4-2/h5,7,11,13,17,19,21-22,26,28,39,41H,3-4,6,8-10,12,14-16,18,20,23-25,27,29-38H2,1-2H3/b7-5-,13-11-,19-17-,22-21-,28-26-. The molecule has 0 aliphatic carbocycles. The summed E-state index contributed by atoms with van der Waals surface area (Å²) in [7, 11) is 0. The summed E-state index contributed by atoms with van der Waals surface area (Å²) in [5.74, 6) is -0.218. The van der Waals surface area contributed by atoms with Crippen LogP contribution < -0.4 is 0 Å². The van der Waals surface area contributed by atoms with Crippen LogP contribution in [0.3, 0.4) is 0 Å². The van der Waals surface area contributed by atoms with Crippen LogP contribution in [0.15, 0.2) is 60.8 Å². The fourth-order valence-electron chi connectivity index (χ4n) is 4.88. The molecule has 0 aromatic rings. The van der Waals surface area contributed by atoms with E-state index in [0.29, 0.717) is 13.0 Å². The van der Waals surface area contributed by atoms with Crippen molar-refractivity contribution in [1.29, 1.82) is 0 Å². The van der Waals surface area contributed by atoms with Crippen molar-refractivity contribution in [2.75, 3.05) is 19.8 Å². The molecule has 1 unspecified atom stereocenters. The van der Waals surface area contributed by atoms with Gasteiger partial charge in [-0.25, -0.2) is 0 Å². The lowest BCUT2D eigenvalue weighted by molar-refractivity contribution is -0.154. The summed E-state index contributed by atoms with van der Waals surface area (Å²) in [6.07, 6.45) is 48.3. The first-order valence-electron chi connectivity index (χ1n) is 18.4. The fraction of sp³-hybridized carbons (Fsp3) is 0.725. The summed E-state index contributed by atoms with van der Waals surface area (Å²) >= 11 is 0. The maximum Gasteiger partial charge on any atom is 0.306 e. The number of esters is 1. The topological polar surface area (TPSA) is 55.8 Å². The largest absolute Gasteiger partial charge is 0.457 e. The summed E-state index contributed by atoms with van der Waals surface area (Å²) in [5, 5.41) is 9.55. The van der Waals surface area contributed by atoms with Crippen molar-refractivity contribution >= 4 is 5.97 Å². The van der Waals surface area contributed by atoms with Gasteiger partial charge in [0.15, 0.2) is 0 Å². The fourth-order valence-corrected chi connectivity index (χ4v) is 4.88. The van der Waals surface area contributed by atoms with Gasteiger partial charge in [0.25, 0.3) is 0 Å². The molecule has 0 spiro atoms. The van der Waals surface area contributed by atoms with Crippen LogP contribution in [0, 0.1) is 0 Å². The van der Waals surface area contributed by atoms with E-state index in [0.717, 1.165) is 64.2 Å². The van der Waals surface area contributed by atoms with Crippen LogP contribution in [0.1, 0.15) is 162 Å². The smallest absolute Gasteiger partial charge is 0.306 e. The van der Waals surface area contributed by atoms with Crippen LogP contribution in [-0.2, 0) is 14.3 Å². The highest BCUT2D eigenvalue weighted by atomic mass is 16.6. The Balaban J connectivity index is 3.55. The van der Waals surface area contributed by atoms with Crippen LogP contribution in [0.25, 0.3) is 0 Å². The number of carbonyl (C=O) groups is 1. The van der Waals surface area contributed by atoms with E-state index in [1.807, 2.05) is 0 Å². The molecule has 44 heavy (non-hydrogen) atoms. The molecule has 0 saturated heterocycles. The Bertz CT molecular complexity index is 734. The van der Waals surface area contributed by atoms with Gasteiger partial charge in [-0.1, -0.05) is 158 Å². The molecule has 0 radical (unpaired) electrons. The van der Waals surface area contributed by atoms with E-state index in [1.54, 1.807) is 0 Å². The molecule has 0 aliphatic rings. The zero-order chi connectivity index (χ0) is 32.0. The predicted octanol–water partition coefficient (Wildman–Crippen LogP) is 11.7. The Morgan fingerprint density at radius 3 is 1.50 bits per heavy atom. The van der Waals surface area contributed by atoms with Gasteiger partial charge in [0, 0.05) is 13.0 Å². The first-order valence-corrected chi connectivity index (χ1v) is 18.4. The molecule has 0 aromatic heterocycles. The minimum atomic E-state index is -0.555. The maximum atomic E-state index is 12.1. The summed E-state index contributed by atoms with van der Waals surface area (Å²) in [5.41, 5.74) is 0. The van der Waals surface area contributed by atoms with Crippen molar-refractivity contribution in [3.8, 4) is 0 Å². The predicted molar refractivity (Wildman–Crippen MR) is 191 cm³/mol. The molecule has 0 heterocycles. The second kappa shape index (κ2) is 37.3. The van der Waals surface area contributed by atoms with E-state index in [4.69, 9.17) is 9.47 Å². The number of ether oxygens (including phenoxy) is 2. The zero-order valence-corrected chi connectivity index (χ0v) is 28.9. The Hall–Kier alpha value is -1.91. The number of aliphatic hydroxyl groups is 1. The average Bonchev–Trinajstić information content (AvgIpc) is 3.03. The number of allylic oxidation sites excluding steroid dienone is 10. The second-order valence-corrected chi connectivity index (χ2v) is 11.9. The van der Waals surface area contributed by atoms with Crippen LogP contribution in [0.4, 0.5) is 0 Å². The molecule has 4 nitrogen and oxygen atoms in total. The molecule has 0 bridgehead atoms. The van der Waals surface area contributed by atoms with Crippen LogP contribution >= 0.6 is 0 Å². The number of aliphatic hydroxyl groups excluding tert-OH is 1. The van der Waals surface area contributed by atoms with E-state index in [1.165, 1.54) is 77.0 Å². The Morgan fingerprint density at radius 1 is 0.568 bits per heavy atom. The molecule has 1 N–H and O–H groups in total. The van der Waals surface area contributed by atoms with Crippen LogP contribution in [0.2, 0.25) is 0 Å². The van der Waals surface area contributed by atoms with E-state index in [9.17, 15) is 9.90 Å². The van der Waals surface area contributed by atoms with Gasteiger partial charge in [0.1, 0.15) is 6.10 Å². The molecule has 254 valence electrons. The number of hydrogen-bond donors (Lipinski definition) is 1. The summed E-state index contributed by atoms with van der Waals surface area (Å²) in [6, 6.07) is 0. The Labute approximate surface area is 273 Å². The molecule has 1 atom stereocenters. The van der Waals surface area contributed by atoms with Crippen molar-refractivity contribution < 1.29 is 19.4 Å². The highest BCUT2D eigenvalue weighted by molar-refractivity contribution is 5.69. The zero-order valence-electron chi connectivity index (χ0n) is 28.9. The number of unbranched alkanes of at least 4 members (excludes halogenated alkanes) is 15. The van der Waals surface area contributed by atoms with Gasteiger partial charge in [-0.05, 0) is 57.8 Å². The van der Waals surface area contributed by atoms with Gasteiger partial charge in [-0.15, -0.1) is 0 Å². The van der Waals surface area contributed by atoms with Gasteiger partial charge in [-0.2, -0.15) is 0 Å². The first kappa shape index (κ1) is 42.1. The third kappa shape index (κ3) is 34.6. The van der Waals surface area contributed by atoms with Gasteiger partial charge in [0.05, 0.1) is 13.2 Å². The molecule has 4 heteroatoms. The van der Waals surface area contributed by atoms with Gasteiger partial charge < -0.3 is 14.6 Å². The second-order valence-electron chi connectivity index (χ2n) is 11.9. The molecule has 0 aromatic carbocycles. The van der Waals surface area contributed by atoms with Gasteiger partial charge >= 0.3 is 5.97 Å². The Kier molecular flexibility index (Phi) is 35.7. The van der Waals surface area contributed by atoms with Gasteiger partial charge in [0.2, 0.25) is 0 Å². The van der Waals surface area contributed by atoms with E-state index < -0.39 is 6.10 Å². The average molecular weight is 615 g/mol. The normalized spacial score (nSPS) is 13.1. The van der Waals surface area contributed by atoms with Crippen molar-refractivity contribution in [3.63, 3.8) is 0 Å². The highest BCUT2D eigenvalue weighted by Gasteiger charge is 2.13. The summed E-state index contributed by atoms with van der Waals surface area (Å²) in [4.78, 5) is 12.1. The molecular formula is C40H70O4. The molecular weight excluding hydrogens is 544 g/mol. The SMILES string of the molecule is CC/C=C\C/C=C\C/C=C\C/C=C\C/C=C\CCCCOCC(CO)OC(=O)CCCCCCCCCCCCCCCC. The lowest BCUT2D eigenvalue weighted by atomic mass is 10.0. The van der Waals surface area contributed by atoms with E-state index >= 15 is 0 Å². The lowest BCUT2D eigenvalue weighted by Gasteiger charge is -2.15. The molecule has 0 saturated carbocycles. The first-order chi connectivity index (χ1) is 21.7. The quantitative estimate of drug-likeness (QED) is 0.0454. The molecule has 0 fully saturated rings. The van der Waals surface area contributed by atoms with E-state index in [2.05, 4.69) is 74.6 Å². The molecule has 0 rings (SSSR count). The van der Waals surface area contributed by atoms with Crippen LogP contribution in [0.5, 0.6) is 0 Å². The summed E-state index contributed by atoms with van der Waals surface area (Å²) < 4.78 is 11.1. The van der Waals surface area contributed by atoms with Crippen molar-refractivity contribution in [2.45, 2.75) is 168 Å². The van der Waals surface area contributed by atoms with E-state index in [-0.39, 0.29) is 19.2 Å². The number of rotatable bonds is 33. The summed E-state index contributed by atoms with van der Waals surface area (Å²) in [6.45, 7) is 5.13. The molecule has 0 amide bonds. The van der Waals surface area contributed by atoms with Crippen molar-refractivity contribution in [1.82, 2.24) is 0 Å². The third-order valence-electron chi connectivity index (χ3n) is 7.61. The van der Waals surface area contributed by atoms with Gasteiger partial charge in [-0.3, -0.25) is 4.79 Å². The van der Waals surface area contributed by atoms with Crippen molar-refractivity contribution in [3.05, 3.63) is 60.8 Å². The monoisotopic (exact) mass is 615 g/mol. The minimum Gasteiger partial charge on any atom is -0.457 e. The Morgan fingerprint density at radius 2 is 1.02 bits per heavy atom. The number of hydrogen-bond acceptors (Lipinski definition) is 4. The van der Waals surface area contributed by atoms with Crippen molar-refractivity contribution in [2.24, 2.45) is 0 Å². The van der Waals surface area contributed by atoms with Crippen LogP contribution in [-0.4, -0.2) is 37.0 Å². The highest BCUT2D eigenvalue weighted by Crippen LogP contribution is 2.14. The molecule has 0 aliphatic heterocycles. The maximum absolute atomic E-state index is 12.1. The lowest BCUT2D eigenvalue weighted by Crippen LogP contribution is -2.27. The number of carbonyl (C=O) groups excluding carboxylic acids is 1. The minimum absolute atomic E-state index is 0.190.